The Hall–Kier alpha value is -3.45. The molecule has 1 aromatic heterocycles. The van der Waals surface area contributed by atoms with Gasteiger partial charge in [-0.15, -0.1) is 5.10 Å². The molecule has 1 saturated carbocycles. The van der Waals surface area contributed by atoms with E-state index in [0.717, 1.165) is 42.5 Å². The minimum Gasteiger partial charge on any atom is -0.393 e. The highest BCUT2D eigenvalue weighted by Gasteiger charge is 2.29. The zero-order chi connectivity index (χ0) is 24.8. The summed E-state index contributed by atoms with van der Waals surface area (Å²) in [7, 11) is 0. The van der Waals surface area contributed by atoms with Crippen LogP contribution in [0.5, 0.6) is 0 Å². The molecule has 35 heavy (non-hydrogen) atoms. The van der Waals surface area contributed by atoms with Gasteiger partial charge in [-0.3, -0.25) is 9.59 Å². The van der Waals surface area contributed by atoms with Crippen LogP contribution in [0.2, 0.25) is 0 Å². The van der Waals surface area contributed by atoms with E-state index < -0.39 is 6.10 Å². The molecule has 0 bridgehead atoms. The average Bonchev–Trinajstić information content (AvgIpc) is 3.28. The Labute approximate surface area is 206 Å². The summed E-state index contributed by atoms with van der Waals surface area (Å²) in [6.45, 7) is 3.75. The zero-order valence-electron chi connectivity index (χ0n) is 20.4. The average molecular weight is 475 g/mol. The molecule has 1 aliphatic rings. The van der Waals surface area contributed by atoms with Crippen molar-refractivity contribution in [2.45, 2.75) is 58.1 Å². The minimum atomic E-state index is -0.439. The van der Waals surface area contributed by atoms with Gasteiger partial charge in [0.25, 0.3) is 0 Å². The monoisotopic (exact) mass is 474 g/mol. The Bertz CT molecular complexity index is 1130. The molecule has 0 spiro atoms. The van der Waals surface area contributed by atoms with E-state index in [0.29, 0.717) is 5.82 Å². The topological polar surface area (TPSA) is 87.5 Å². The van der Waals surface area contributed by atoms with Crippen molar-refractivity contribution < 1.29 is 14.7 Å². The molecule has 2 atom stereocenters. The Morgan fingerprint density at radius 3 is 2.37 bits per heavy atom. The summed E-state index contributed by atoms with van der Waals surface area (Å²) >= 11 is 0. The number of hydrogen-bond donors (Lipinski definition) is 2. The SMILES string of the molecule is CC(C)N(CC(=O)Nc1nn(-c2ccccc2)cc1-c1ccccc1)C(=O)CC1CCCCC1O. The molecule has 3 aromatic rings. The predicted octanol–water partition coefficient (Wildman–Crippen LogP) is 4.66. The number of aliphatic hydroxyl groups excluding tert-OH is 1. The molecule has 1 fully saturated rings. The summed E-state index contributed by atoms with van der Waals surface area (Å²) in [6.07, 6.45) is 5.35. The first-order valence-corrected chi connectivity index (χ1v) is 12.4. The van der Waals surface area contributed by atoms with E-state index >= 15 is 0 Å². The van der Waals surface area contributed by atoms with Crippen molar-refractivity contribution in [2.75, 3.05) is 11.9 Å². The number of amides is 2. The molecular formula is C28H34N4O3. The smallest absolute Gasteiger partial charge is 0.245 e. The van der Waals surface area contributed by atoms with E-state index in [1.165, 1.54) is 0 Å². The summed E-state index contributed by atoms with van der Waals surface area (Å²) in [4.78, 5) is 27.8. The number of nitrogens with zero attached hydrogens (tertiary/aromatic N) is 3. The number of aromatic nitrogens is 2. The summed E-state index contributed by atoms with van der Waals surface area (Å²) in [5.41, 5.74) is 2.62. The van der Waals surface area contributed by atoms with E-state index in [9.17, 15) is 14.7 Å². The maximum atomic E-state index is 13.1. The highest BCUT2D eigenvalue weighted by molar-refractivity contribution is 5.97. The Kier molecular flexibility index (Phi) is 7.98. The Morgan fingerprint density at radius 1 is 1.06 bits per heavy atom. The highest BCUT2D eigenvalue weighted by atomic mass is 16.3. The molecule has 1 aliphatic carbocycles. The normalized spacial score (nSPS) is 17.8. The number of anilines is 1. The van der Waals surface area contributed by atoms with E-state index in [1.807, 2.05) is 80.7 Å². The fraction of sp³-hybridized carbons (Fsp3) is 0.393. The van der Waals surface area contributed by atoms with Gasteiger partial charge in [-0.2, -0.15) is 0 Å². The highest BCUT2D eigenvalue weighted by Crippen LogP contribution is 2.29. The number of para-hydroxylation sites is 1. The van der Waals surface area contributed by atoms with Crippen LogP contribution in [0.3, 0.4) is 0 Å². The fourth-order valence-electron chi connectivity index (χ4n) is 4.66. The molecule has 7 nitrogen and oxygen atoms in total. The van der Waals surface area contributed by atoms with Gasteiger partial charge in [0.05, 0.1) is 11.8 Å². The molecule has 1 heterocycles. The molecule has 4 rings (SSSR count). The number of rotatable bonds is 8. The second kappa shape index (κ2) is 11.3. The Balaban J connectivity index is 1.51. The maximum absolute atomic E-state index is 13.1. The lowest BCUT2D eigenvalue weighted by atomic mass is 9.84. The molecule has 2 amide bonds. The maximum Gasteiger partial charge on any atom is 0.245 e. The van der Waals surface area contributed by atoms with Crippen molar-refractivity contribution in [3.8, 4) is 16.8 Å². The number of carbonyl (C=O) groups excluding carboxylic acids is 2. The summed E-state index contributed by atoms with van der Waals surface area (Å²) in [6, 6.07) is 19.4. The van der Waals surface area contributed by atoms with Gasteiger partial charge in [-0.25, -0.2) is 4.68 Å². The minimum absolute atomic E-state index is 0.0354. The van der Waals surface area contributed by atoms with Crippen LogP contribution in [0.4, 0.5) is 5.82 Å². The lowest BCUT2D eigenvalue weighted by molar-refractivity contribution is -0.138. The zero-order valence-corrected chi connectivity index (χ0v) is 20.4. The first-order valence-electron chi connectivity index (χ1n) is 12.4. The molecule has 0 radical (unpaired) electrons. The molecule has 7 heteroatoms. The lowest BCUT2D eigenvalue weighted by Crippen LogP contribution is -2.44. The number of benzene rings is 2. The van der Waals surface area contributed by atoms with Gasteiger partial charge in [0.2, 0.25) is 11.8 Å². The van der Waals surface area contributed by atoms with E-state index in [1.54, 1.807) is 9.58 Å². The molecule has 184 valence electrons. The largest absolute Gasteiger partial charge is 0.393 e. The Morgan fingerprint density at radius 2 is 1.71 bits per heavy atom. The van der Waals surface area contributed by atoms with Crippen LogP contribution in [-0.2, 0) is 9.59 Å². The van der Waals surface area contributed by atoms with Gasteiger partial charge in [-0.05, 0) is 50.3 Å². The second-order valence-corrected chi connectivity index (χ2v) is 9.52. The van der Waals surface area contributed by atoms with Crippen LogP contribution in [0.15, 0.2) is 66.9 Å². The number of carbonyl (C=O) groups is 2. The van der Waals surface area contributed by atoms with Crippen molar-refractivity contribution in [2.24, 2.45) is 5.92 Å². The standard InChI is InChI=1S/C28H34N4O3/c1-20(2)31(27(35)17-22-13-9-10-16-25(22)33)19-26(34)29-28-24(21-11-5-3-6-12-21)18-32(30-28)23-14-7-4-8-15-23/h3-8,11-12,14-15,18,20,22,25,33H,9-10,13,16-17,19H2,1-2H3,(H,29,30,34). The molecule has 2 aromatic carbocycles. The van der Waals surface area contributed by atoms with Crippen molar-refractivity contribution in [3.05, 3.63) is 66.9 Å². The van der Waals surface area contributed by atoms with Gasteiger partial charge in [0, 0.05) is 24.2 Å². The van der Waals surface area contributed by atoms with Crippen molar-refractivity contribution >= 4 is 17.6 Å². The van der Waals surface area contributed by atoms with E-state index in [2.05, 4.69) is 10.4 Å². The van der Waals surface area contributed by atoms with Crippen LogP contribution in [0.1, 0.15) is 46.0 Å². The molecule has 0 saturated heterocycles. The third-order valence-electron chi connectivity index (χ3n) is 6.64. The van der Waals surface area contributed by atoms with Crippen LogP contribution in [-0.4, -0.2) is 50.3 Å². The predicted molar refractivity (Wildman–Crippen MR) is 137 cm³/mol. The number of aliphatic hydroxyl groups is 1. The summed E-state index contributed by atoms with van der Waals surface area (Å²) in [5, 5.41) is 17.9. The van der Waals surface area contributed by atoms with Crippen molar-refractivity contribution in [1.82, 2.24) is 14.7 Å². The van der Waals surface area contributed by atoms with Gasteiger partial charge >= 0.3 is 0 Å². The third-order valence-corrected chi connectivity index (χ3v) is 6.64. The number of hydrogen-bond acceptors (Lipinski definition) is 4. The first-order chi connectivity index (χ1) is 16.9. The first kappa shape index (κ1) is 24.7. The van der Waals surface area contributed by atoms with Crippen molar-refractivity contribution in [3.63, 3.8) is 0 Å². The van der Waals surface area contributed by atoms with Gasteiger partial charge in [0.1, 0.15) is 6.54 Å². The van der Waals surface area contributed by atoms with E-state index in [4.69, 9.17) is 0 Å². The lowest BCUT2D eigenvalue weighted by Gasteiger charge is -2.31. The second-order valence-electron chi connectivity index (χ2n) is 9.52. The van der Waals surface area contributed by atoms with Crippen LogP contribution in [0, 0.1) is 5.92 Å². The molecular weight excluding hydrogens is 440 g/mol. The summed E-state index contributed by atoms with van der Waals surface area (Å²) < 4.78 is 1.74. The van der Waals surface area contributed by atoms with Crippen LogP contribution >= 0.6 is 0 Å². The number of nitrogens with one attached hydrogen (secondary N) is 1. The van der Waals surface area contributed by atoms with E-state index in [-0.39, 0.29) is 36.7 Å². The fourth-order valence-corrected chi connectivity index (χ4v) is 4.66. The van der Waals surface area contributed by atoms with Gasteiger partial charge in [-0.1, -0.05) is 61.4 Å². The van der Waals surface area contributed by atoms with Crippen LogP contribution in [0.25, 0.3) is 16.8 Å². The molecule has 0 aliphatic heterocycles. The third kappa shape index (κ3) is 6.17. The van der Waals surface area contributed by atoms with Crippen LogP contribution < -0.4 is 5.32 Å². The summed E-state index contributed by atoms with van der Waals surface area (Å²) in [5.74, 6) is 0.0154. The quantitative estimate of drug-likeness (QED) is 0.497. The molecule has 2 unspecified atom stereocenters. The van der Waals surface area contributed by atoms with Gasteiger partial charge in [0.15, 0.2) is 5.82 Å². The van der Waals surface area contributed by atoms with Crippen molar-refractivity contribution in [1.29, 1.82) is 0 Å². The van der Waals surface area contributed by atoms with Gasteiger partial charge < -0.3 is 15.3 Å². The molecule has 2 N–H and O–H groups in total.